The molecule has 1 aromatic carbocycles. The number of halogens is 1. The number of nitrogens with zero attached hydrogens (tertiary/aromatic N) is 1. The van der Waals surface area contributed by atoms with Crippen LogP contribution in [0.1, 0.15) is 20.9 Å². The van der Waals surface area contributed by atoms with Gasteiger partial charge in [0.05, 0.1) is 6.20 Å². The summed E-state index contributed by atoms with van der Waals surface area (Å²) in [4.78, 5) is 22.3. The summed E-state index contributed by atoms with van der Waals surface area (Å²) in [5.41, 5.74) is -0.420. The molecule has 2 aromatic rings. The lowest BCUT2D eigenvalue weighted by atomic mass is 10.2. The third kappa shape index (κ3) is 2.34. The molecule has 0 spiro atoms. The molecule has 0 unspecified atom stereocenters. The van der Waals surface area contributed by atoms with E-state index in [9.17, 15) is 14.0 Å². The number of esters is 1. The third-order valence-corrected chi connectivity index (χ3v) is 1.99. The molecule has 1 N–H and O–H groups in total. The Labute approximate surface area is 99.6 Å². The van der Waals surface area contributed by atoms with E-state index in [4.69, 9.17) is 9.84 Å². The average molecular weight is 251 g/mol. The summed E-state index contributed by atoms with van der Waals surface area (Å²) in [6.07, 6.45) is 0.879. The number of benzene rings is 1. The topological polar surface area (TPSA) is 89.6 Å². The van der Waals surface area contributed by atoms with E-state index in [-0.39, 0.29) is 5.75 Å². The Morgan fingerprint density at radius 3 is 2.83 bits per heavy atom. The molecule has 0 bridgehead atoms. The second-order valence-electron chi connectivity index (χ2n) is 3.22. The maximum Gasteiger partial charge on any atom is 0.383 e. The third-order valence-electron chi connectivity index (χ3n) is 1.99. The number of aromatic nitrogens is 1. The molecule has 18 heavy (non-hydrogen) atoms. The normalized spacial score (nSPS) is 10.1. The number of ether oxygens (including phenoxy) is 1. The summed E-state index contributed by atoms with van der Waals surface area (Å²) in [6.45, 7) is 0. The summed E-state index contributed by atoms with van der Waals surface area (Å²) in [7, 11) is 0. The summed E-state index contributed by atoms with van der Waals surface area (Å²) >= 11 is 0. The van der Waals surface area contributed by atoms with Gasteiger partial charge in [-0.15, -0.1) is 0 Å². The number of carbonyl (C=O) groups excluding carboxylic acids is 1. The van der Waals surface area contributed by atoms with E-state index in [0.29, 0.717) is 0 Å². The Hall–Kier alpha value is -2.70. The minimum absolute atomic E-state index is 0.0623. The van der Waals surface area contributed by atoms with Crippen LogP contribution in [0.15, 0.2) is 35.0 Å². The Kier molecular flexibility index (Phi) is 3.05. The number of aromatic carboxylic acids is 1. The van der Waals surface area contributed by atoms with Gasteiger partial charge in [0.1, 0.15) is 17.1 Å². The van der Waals surface area contributed by atoms with Gasteiger partial charge in [-0.2, -0.15) is 0 Å². The number of hydrogen-bond acceptors (Lipinski definition) is 5. The largest absolute Gasteiger partial charge is 0.477 e. The molecule has 0 saturated carbocycles. The zero-order chi connectivity index (χ0) is 13.1. The van der Waals surface area contributed by atoms with Crippen molar-refractivity contribution < 1.29 is 28.3 Å². The van der Waals surface area contributed by atoms with Crippen molar-refractivity contribution in [1.82, 2.24) is 5.16 Å². The van der Waals surface area contributed by atoms with Gasteiger partial charge in [-0.25, -0.2) is 14.0 Å². The summed E-state index contributed by atoms with van der Waals surface area (Å²) in [5, 5.41) is 11.9. The highest BCUT2D eigenvalue weighted by atomic mass is 19.1. The SMILES string of the molecule is O=C(O)c1cnoc1C(=O)Oc1cccc(F)c1. The summed E-state index contributed by atoms with van der Waals surface area (Å²) in [6, 6.07) is 4.84. The number of hydrogen-bond donors (Lipinski definition) is 1. The van der Waals surface area contributed by atoms with Crippen molar-refractivity contribution in [3.8, 4) is 5.75 Å². The van der Waals surface area contributed by atoms with Crippen LogP contribution in [0.5, 0.6) is 5.75 Å². The van der Waals surface area contributed by atoms with Crippen LogP contribution in [-0.4, -0.2) is 22.2 Å². The molecule has 1 heterocycles. The Morgan fingerprint density at radius 2 is 2.17 bits per heavy atom. The molecule has 0 aliphatic heterocycles. The maximum atomic E-state index is 12.8. The molecule has 7 heteroatoms. The molecule has 0 fully saturated rings. The molecule has 0 radical (unpaired) electrons. The van der Waals surface area contributed by atoms with Gasteiger partial charge >= 0.3 is 11.9 Å². The van der Waals surface area contributed by atoms with E-state index in [1.165, 1.54) is 18.2 Å². The summed E-state index contributed by atoms with van der Waals surface area (Å²) in [5.74, 6) is -3.63. The number of rotatable bonds is 3. The van der Waals surface area contributed by atoms with Crippen LogP contribution in [0, 0.1) is 5.82 Å². The molecule has 0 amide bonds. The van der Waals surface area contributed by atoms with E-state index >= 15 is 0 Å². The van der Waals surface area contributed by atoms with Gasteiger partial charge < -0.3 is 14.4 Å². The molecule has 0 saturated heterocycles. The second-order valence-corrected chi connectivity index (χ2v) is 3.22. The van der Waals surface area contributed by atoms with Crippen molar-refractivity contribution in [2.75, 3.05) is 0 Å². The van der Waals surface area contributed by atoms with E-state index < -0.39 is 29.1 Å². The molecule has 92 valence electrons. The van der Waals surface area contributed by atoms with Crippen LogP contribution < -0.4 is 4.74 Å². The predicted molar refractivity (Wildman–Crippen MR) is 54.8 cm³/mol. The standard InChI is InChI=1S/C11H6FNO5/c12-6-2-1-3-7(4-6)17-11(16)9-8(10(14)15)5-13-18-9/h1-5H,(H,14,15). The van der Waals surface area contributed by atoms with Crippen LogP contribution >= 0.6 is 0 Å². The zero-order valence-electron chi connectivity index (χ0n) is 8.79. The van der Waals surface area contributed by atoms with E-state index in [1.807, 2.05) is 0 Å². The Bertz CT molecular complexity index is 607. The highest BCUT2D eigenvalue weighted by Gasteiger charge is 2.23. The molecule has 2 rings (SSSR count). The molecular formula is C11H6FNO5. The van der Waals surface area contributed by atoms with Gasteiger partial charge in [0.2, 0.25) is 0 Å². The maximum absolute atomic E-state index is 12.8. The Balaban J connectivity index is 2.22. The lowest BCUT2D eigenvalue weighted by Gasteiger charge is -2.01. The highest BCUT2D eigenvalue weighted by Crippen LogP contribution is 2.16. The lowest BCUT2D eigenvalue weighted by molar-refractivity contribution is 0.0644. The molecule has 0 atom stereocenters. The fourth-order valence-electron chi connectivity index (χ4n) is 1.22. The van der Waals surface area contributed by atoms with Crippen molar-refractivity contribution in [3.63, 3.8) is 0 Å². The fraction of sp³-hybridized carbons (Fsp3) is 0. The highest BCUT2D eigenvalue weighted by molar-refractivity contribution is 6.00. The lowest BCUT2D eigenvalue weighted by Crippen LogP contribution is -2.12. The Morgan fingerprint density at radius 1 is 1.39 bits per heavy atom. The second kappa shape index (κ2) is 4.66. The van der Waals surface area contributed by atoms with Gasteiger partial charge in [-0.05, 0) is 12.1 Å². The fourth-order valence-corrected chi connectivity index (χ4v) is 1.22. The minimum Gasteiger partial charge on any atom is -0.477 e. The number of carboxylic acids is 1. The van der Waals surface area contributed by atoms with Gasteiger partial charge in [-0.1, -0.05) is 11.2 Å². The first-order valence-corrected chi connectivity index (χ1v) is 4.73. The van der Waals surface area contributed by atoms with Gasteiger partial charge in [0, 0.05) is 6.07 Å². The van der Waals surface area contributed by atoms with Crippen molar-refractivity contribution in [2.45, 2.75) is 0 Å². The molecule has 0 aliphatic rings. The quantitative estimate of drug-likeness (QED) is 0.660. The summed E-state index contributed by atoms with van der Waals surface area (Å²) < 4.78 is 22.1. The van der Waals surface area contributed by atoms with Crippen molar-refractivity contribution in [1.29, 1.82) is 0 Å². The number of carbonyl (C=O) groups is 2. The monoisotopic (exact) mass is 251 g/mol. The van der Waals surface area contributed by atoms with Gasteiger partial charge in [-0.3, -0.25) is 0 Å². The first-order chi connectivity index (χ1) is 8.58. The first kappa shape index (κ1) is 11.8. The van der Waals surface area contributed by atoms with Crippen LogP contribution in [0.3, 0.4) is 0 Å². The first-order valence-electron chi connectivity index (χ1n) is 4.73. The predicted octanol–water partition coefficient (Wildman–Crippen LogP) is 1.73. The molecule has 6 nitrogen and oxygen atoms in total. The molecule has 0 aliphatic carbocycles. The van der Waals surface area contributed by atoms with E-state index in [2.05, 4.69) is 9.68 Å². The van der Waals surface area contributed by atoms with Crippen LogP contribution in [0.25, 0.3) is 0 Å². The smallest absolute Gasteiger partial charge is 0.383 e. The zero-order valence-corrected chi connectivity index (χ0v) is 8.79. The van der Waals surface area contributed by atoms with E-state index in [1.54, 1.807) is 0 Å². The minimum atomic E-state index is -1.37. The van der Waals surface area contributed by atoms with Crippen LogP contribution in [0.4, 0.5) is 4.39 Å². The van der Waals surface area contributed by atoms with Crippen LogP contribution in [-0.2, 0) is 0 Å². The molecule has 1 aromatic heterocycles. The van der Waals surface area contributed by atoms with Crippen molar-refractivity contribution in [3.05, 3.63) is 47.6 Å². The number of carboxylic acid groups (broad SMARTS) is 1. The van der Waals surface area contributed by atoms with Gasteiger partial charge in [0.15, 0.2) is 0 Å². The van der Waals surface area contributed by atoms with Crippen LogP contribution in [0.2, 0.25) is 0 Å². The van der Waals surface area contributed by atoms with Gasteiger partial charge in [0.25, 0.3) is 5.76 Å². The average Bonchev–Trinajstić information content (AvgIpc) is 2.77. The molecular weight excluding hydrogens is 245 g/mol. The van der Waals surface area contributed by atoms with E-state index in [0.717, 1.165) is 12.3 Å². The van der Waals surface area contributed by atoms with Crippen molar-refractivity contribution in [2.24, 2.45) is 0 Å². The van der Waals surface area contributed by atoms with Crippen molar-refractivity contribution >= 4 is 11.9 Å².